The number of tetrazole rings is 1. The van der Waals surface area contributed by atoms with Gasteiger partial charge < -0.3 is 0 Å². The average Bonchev–Trinajstić information content (AvgIpc) is 2.86. The maximum Gasteiger partial charge on any atom is 0.416 e. The smallest absolute Gasteiger partial charge is 0.295 e. The monoisotopic (exact) mass is 313 g/mol. The Bertz CT molecular complexity index is 591. The van der Waals surface area contributed by atoms with Gasteiger partial charge in [-0.15, -0.1) is 5.10 Å². The van der Waals surface area contributed by atoms with Crippen LogP contribution in [0.3, 0.4) is 0 Å². The molecule has 22 heavy (non-hydrogen) atoms. The number of hydrogen-bond donors (Lipinski definition) is 0. The molecule has 2 rings (SSSR count). The Labute approximate surface area is 126 Å². The molecule has 8 heteroatoms. The minimum Gasteiger partial charge on any atom is -0.295 e. The van der Waals surface area contributed by atoms with Gasteiger partial charge in [0, 0.05) is 13.1 Å². The summed E-state index contributed by atoms with van der Waals surface area (Å²) in [5.41, 5.74) is 0.177. The summed E-state index contributed by atoms with van der Waals surface area (Å²) < 4.78 is 39.3. The van der Waals surface area contributed by atoms with Crippen LogP contribution in [0.4, 0.5) is 13.2 Å². The number of halogens is 3. The van der Waals surface area contributed by atoms with Gasteiger partial charge in [-0.1, -0.05) is 19.1 Å². The van der Waals surface area contributed by atoms with Crippen molar-refractivity contribution in [3.8, 4) is 0 Å². The number of rotatable bonds is 6. The summed E-state index contributed by atoms with van der Waals surface area (Å²) in [5.74, 6) is 0.747. The first-order chi connectivity index (χ1) is 10.4. The van der Waals surface area contributed by atoms with Crippen molar-refractivity contribution in [2.24, 2.45) is 0 Å². The maximum absolute atomic E-state index is 12.5. The molecule has 1 heterocycles. The van der Waals surface area contributed by atoms with Crippen LogP contribution in [0.2, 0.25) is 0 Å². The van der Waals surface area contributed by atoms with E-state index >= 15 is 0 Å². The highest BCUT2D eigenvalue weighted by Gasteiger charge is 2.29. The Balaban J connectivity index is 1.97. The van der Waals surface area contributed by atoms with Crippen molar-refractivity contribution < 1.29 is 13.2 Å². The SMILES string of the molecule is CCCn1nnnc1CN(C)Cc1ccc(C(F)(F)F)cc1. The van der Waals surface area contributed by atoms with Gasteiger partial charge in [-0.3, -0.25) is 4.90 Å². The van der Waals surface area contributed by atoms with Crippen LogP contribution in [0.5, 0.6) is 0 Å². The second-order valence-electron chi connectivity index (χ2n) is 5.19. The lowest BCUT2D eigenvalue weighted by atomic mass is 10.1. The number of nitrogens with zero attached hydrogens (tertiary/aromatic N) is 5. The van der Waals surface area contributed by atoms with Gasteiger partial charge in [0.05, 0.1) is 12.1 Å². The molecule has 120 valence electrons. The molecule has 0 amide bonds. The van der Waals surface area contributed by atoms with Gasteiger partial charge in [0.1, 0.15) is 0 Å². The summed E-state index contributed by atoms with van der Waals surface area (Å²) in [5, 5.41) is 11.5. The van der Waals surface area contributed by atoms with E-state index in [1.54, 1.807) is 4.68 Å². The standard InChI is InChI=1S/C14H18F3N5/c1-3-8-22-13(18-19-20-22)10-21(2)9-11-4-6-12(7-5-11)14(15,16)17/h4-7H,3,8-10H2,1-2H3. The van der Waals surface area contributed by atoms with Crippen LogP contribution in [0.1, 0.15) is 30.3 Å². The number of aromatic nitrogens is 4. The Morgan fingerprint density at radius 1 is 1.14 bits per heavy atom. The lowest BCUT2D eigenvalue weighted by Crippen LogP contribution is -2.20. The second kappa shape index (κ2) is 6.87. The molecule has 1 aromatic carbocycles. The van der Waals surface area contributed by atoms with Gasteiger partial charge in [0.25, 0.3) is 0 Å². The van der Waals surface area contributed by atoms with Crippen LogP contribution in [0.25, 0.3) is 0 Å². The Morgan fingerprint density at radius 2 is 1.82 bits per heavy atom. The largest absolute Gasteiger partial charge is 0.416 e. The van der Waals surface area contributed by atoms with E-state index in [9.17, 15) is 13.2 Å². The molecule has 0 aliphatic carbocycles. The van der Waals surface area contributed by atoms with E-state index in [0.717, 1.165) is 36.5 Å². The number of hydrogen-bond acceptors (Lipinski definition) is 4. The normalized spacial score (nSPS) is 12.1. The van der Waals surface area contributed by atoms with Crippen LogP contribution < -0.4 is 0 Å². The van der Waals surface area contributed by atoms with Crippen molar-refractivity contribution in [3.63, 3.8) is 0 Å². The first kappa shape index (κ1) is 16.4. The van der Waals surface area contributed by atoms with Crippen molar-refractivity contribution in [3.05, 3.63) is 41.2 Å². The van der Waals surface area contributed by atoms with E-state index in [4.69, 9.17) is 0 Å². The minimum absolute atomic E-state index is 0.525. The summed E-state index contributed by atoms with van der Waals surface area (Å²) in [7, 11) is 1.88. The van der Waals surface area contributed by atoms with E-state index in [1.807, 2.05) is 18.9 Å². The van der Waals surface area contributed by atoms with Gasteiger partial charge in [-0.2, -0.15) is 13.2 Å². The fourth-order valence-corrected chi connectivity index (χ4v) is 2.13. The van der Waals surface area contributed by atoms with Gasteiger partial charge in [0.15, 0.2) is 5.82 Å². The van der Waals surface area contributed by atoms with Crippen LogP contribution in [0, 0.1) is 0 Å². The highest BCUT2D eigenvalue weighted by molar-refractivity contribution is 5.24. The molecule has 5 nitrogen and oxygen atoms in total. The number of benzene rings is 1. The van der Waals surface area contributed by atoms with Gasteiger partial charge in [-0.25, -0.2) is 4.68 Å². The molecular weight excluding hydrogens is 295 g/mol. The lowest BCUT2D eigenvalue weighted by Gasteiger charge is -2.16. The third-order valence-electron chi connectivity index (χ3n) is 3.19. The molecule has 0 saturated carbocycles. The molecule has 0 unspecified atom stereocenters. The molecular formula is C14H18F3N5. The van der Waals surface area contributed by atoms with E-state index in [1.165, 1.54) is 12.1 Å². The molecule has 0 atom stereocenters. The molecule has 2 aromatic rings. The minimum atomic E-state index is -4.30. The van der Waals surface area contributed by atoms with E-state index < -0.39 is 11.7 Å². The van der Waals surface area contributed by atoms with E-state index in [0.29, 0.717) is 13.1 Å². The van der Waals surface area contributed by atoms with E-state index in [-0.39, 0.29) is 0 Å². The molecule has 0 fully saturated rings. The third-order valence-corrected chi connectivity index (χ3v) is 3.19. The molecule has 0 N–H and O–H groups in total. The molecule has 0 radical (unpaired) electrons. The molecule has 1 aromatic heterocycles. The number of aryl methyl sites for hydroxylation is 1. The van der Waals surface area contributed by atoms with Gasteiger partial charge in [-0.05, 0) is 41.6 Å². The fourth-order valence-electron chi connectivity index (χ4n) is 2.13. The van der Waals surface area contributed by atoms with Crippen molar-refractivity contribution in [1.82, 2.24) is 25.1 Å². The van der Waals surface area contributed by atoms with Crippen molar-refractivity contribution in [2.45, 2.75) is 39.2 Å². The first-order valence-corrected chi connectivity index (χ1v) is 7.00. The van der Waals surface area contributed by atoms with Crippen LogP contribution in [-0.2, 0) is 25.8 Å². The Kier molecular flexibility index (Phi) is 5.12. The summed E-state index contributed by atoms with van der Waals surface area (Å²) in [6.45, 7) is 3.85. The fraction of sp³-hybridized carbons (Fsp3) is 0.500. The zero-order valence-corrected chi connectivity index (χ0v) is 12.5. The highest BCUT2D eigenvalue weighted by atomic mass is 19.4. The third kappa shape index (κ3) is 4.27. The quantitative estimate of drug-likeness (QED) is 0.823. The first-order valence-electron chi connectivity index (χ1n) is 7.00. The molecule has 0 aliphatic heterocycles. The summed E-state index contributed by atoms with van der Waals surface area (Å²) in [6, 6.07) is 5.19. The zero-order valence-electron chi connectivity index (χ0n) is 12.5. The van der Waals surface area contributed by atoms with Crippen molar-refractivity contribution in [2.75, 3.05) is 7.05 Å². The lowest BCUT2D eigenvalue weighted by molar-refractivity contribution is -0.137. The van der Waals surface area contributed by atoms with Crippen LogP contribution in [0.15, 0.2) is 24.3 Å². The van der Waals surface area contributed by atoms with Crippen LogP contribution >= 0.6 is 0 Å². The van der Waals surface area contributed by atoms with Crippen molar-refractivity contribution in [1.29, 1.82) is 0 Å². The zero-order chi connectivity index (χ0) is 16.2. The highest BCUT2D eigenvalue weighted by Crippen LogP contribution is 2.29. The molecule has 0 bridgehead atoms. The molecule has 0 spiro atoms. The Morgan fingerprint density at radius 3 is 2.41 bits per heavy atom. The van der Waals surface area contributed by atoms with Crippen molar-refractivity contribution >= 4 is 0 Å². The van der Waals surface area contributed by atoms with Crippen LogP contribution in [-0.4, -0.2) is 32.2 Å². The topological polar surface area (TPSA) is 46.8 Å². The van der Waals surface area contributed by atoms with Gasteiger partial charge >= 0.3 is 6.18 Å². The summed E-state index contributed by atoms with van der Waals surface area (Å²) in [6.07, 6.45) is -3.37. The summed E-state index contributed by atoms with van der Waals surface area (Å²) in [4.78, 5) is 1.96. The second-order valence-corrected chi connectivity index (χ2v) is 5.19. The van der Waals surface area contributed by atoms with E-state index in [2.05, 4.69) is 15.5 Å². The predicted octanol–water partition coefficient (Wildman–Crippen LogP) is 2.73. The molecule has 0 aliphatic rings. The Hall–Kier alpha value is -1.96. The predicted molar refractivity (Wildman–Crippen MR) is 74.7 cm³/mol. The van der Waals surface area contributed by atoms with Gasteiger partial charge in [0.2, 0.25) is 0 Å². The average molecular weight is 313 g/mol. The summed E-state index contributed by atoms with van der Waals surface area (Å²) >= 11 is 0. The maximum atomic E-state index is 12.5. The number of alkyl halides is 3. The molecule has 0 saturated heterocycles.